The highest BCUT2D eigenvalue weighted by atomic mass is 19.4. The SMILES string of the molecule is NC(c1ccccc1)c1cccc(C(F)(F)F)c1. The summed E-state index contributed by atoms with van der Waals surface area (Å²) in [4.78, 5) is 0. The summed E-state index contributed by atoms with van der Waals surface area (Å²) in [5.41, 5.74) is 6.53. The summed E-state index contributed by atoms with van der Waals surface area (Å²) in [6.45, 7) is 0. The summed E-state index contributed by atoms with van der Waals surface area (Å²) in [7, 11) is 0. The van der Waals surface area contributed by atoms with Crippen molar-refractivity contribution in [2.24, 2.45) is 5.73 Å². The van der Waals surface area contributed by atoms with Crippen LogP contribution in [0.2, 0.25) is 0 Å². The Hall–Kier alpha value is -1.81. The van der Waals surface area contributed by atoms with Gasteiger partial charge in [-0.15, -0.1) is 0 Å². The molecule has 0 radical (unpaired) electrons. The molecule has 4 heteroatoms. The maximum atomic E-state index is 12.6. The van der Waals surface area contributed by atoms with Crippen molar-refractivity contribution < 1.29 is 13.2 Å². The van der Waals surface area contributed by atoms with E-state index in [2.05, 4.69) is 0 Å². The lowest BCUT2D eigenvalue weighted by Crippen LogP contribution is -2.13. The molecule has 1 atom stereocenters. The predicted octanol–water partition coefficient (Wildman–Crippen LogP) is 3.75. The van der Waals surface area contributed by atoms with Crippen LogP contribution < -0.4 is 5.73 Å². The molecule has 0 saturated heterocycles. The molecule has 0 aliphatic heterocycles. The van der Waals surface area contributed by atoms with Crippen LogP contribution in [0, 0.1) is 0 Å². The minimum atomic E-state index is -4.34. The van der Waals surface area contributed by atoms with Gasteiger partial charge in [-0.25, -0.2) is 0 Å². The van der Waals surface area contributed by atoms with E-state index >= 15 is 0 Å². The van der Waals surface area contributed by atoms with Crippen molar-refractivity contribution in [2.45, 2.75) is 12.2 Å². The standard InChI is InChI=1S/C14H12F3N/c15-14(16,17)12-8-4-7-11(9-12)13(18)10-5-2-1-3-6-10/h1-9,13H,18H2. The summed E-state index contributed by atoms with van der Waals surface area (Å²) < 4.78 is 37.8. The lowest BCUT2D eigenvalue weighted by atomic mass is 9.98. The minimum Gasteiger partial charge on any atom is -0.320 e. The molecule has 0 aliphatic rings. The van der Waals surface area contributed by atoms with Gasteiger partial charge in [-0.3, -0.25) is 0 Å². The molecule has 0 spiro atoms. The average molecular weight is 251 g/mol. The van der Waals surface area contributed by atoms with Gasteiger partial charge in [-0.2, -0.15) is 13.2 Å². The molecule has 0 aliphatic carbocycles. The summed E-state index contributed by atoms with van der Waals surface area (Å²) in [5, 5.41) is 0. The third-order valence-electron chi connectivity index (χ3n) is 2.73. The molecule has 2 N–H and O–H groups in total. The molecule has 0 heterocycles. The Kier molecular flexibility index (Phi) is 3.39. The first-order valence-electron chi connectivity index (χ1n) is 5.46. The zero-order chi connectivity index (χ0) is 13.2. The fraction of sp³-hybridized carbons (Fsp3) is 0.143. The van der Waals surface area contributed by atoms with Crippen LogP contribution in [0.25, 0.3) is 0 Å². The van der Waals surface area contributed by atoms with E-state index in [1.54, 1.807) is 18.2 Å². The first-order chi connectivity index (χ1) is 8.48. The van der Waals surface area contributed by atoms with Crippen LogP contribution in [0.15, 0.2) is 54.6 Å². The van der Waals surface area contributed by atoms with E-state index in [0.29, 0.717) is 5.56 Å². The van der Waals surface area contributed by atoms with Crippen LogP contribution in [-0.4, -0.2) is 0 Å². The predicted molar refractivity (Wildman–Crippen MR) is 63.9 cm³/mol. The van der Waals surface area contributed by atoms with Crippen LogP contribution in [-0.2, 0) is 6.18 Å². The molecule has 0 aromatic heterocycles. The Morgan fingerprint density at radius 3 is 2.06 bits per heavy atom. The number of rotatable bonds is 2. The van der Waals surface area contributed by atoms with Gasteiger partial charge in [0, 0.05) is 0 Å². The Morgan fingerprint density at radius 2 is 1.44 bits per heavy atom. The number of alkyl halides is 3. The maximum Gasteiger partial charge on any atom is 0.416 e. The van der Waals surface area contributed by atoms with Crippen molar-refractivity contribution >= 4 is 0 Å². The summed E-state index contributed by atoms with van der Waals surface area (Å²) in [6, 6.07) is 13.6. The number of hydrogen-bond donors (Lipinski definition) is 1. The second kappa shape index (κ2) is 4.82. The van der Waals surface area contributed by atoms with E-state index in [9.17, 15) is 13.2 Å². The Balaban J connectivity index is 2.35. The second-order valence-electron chi connectivity index (χ2n) is 4.01. The van der Waals surface area contributed by atoms with Crippen molar-refractivity contribution in [1.82, 2.24) is 0 Å². The molecule has 1 nitrogen and oxygen atoms in total. The van der Waals surface area contributed by atoms with Crippen LogP contribution in [0.3, 0.4) is 0 Å². The van der Waals surface area contributed by atoms with E-state index in [0.717, 1.165) is 17.7 Å². The van der Waals surface area contributed by atoms with Crippen molar-refractivity contribution in [3.8, 4) is 0 Å². The highest BCUT2D eigenvalue weighted by Gasteiger charge is 2.30. The largest absolute Gasteiger partial charge is 0.416 e. The smallest absolute Gasteiger partial charge is 0.320 e. The average Bonchev–Trinajstić information content (AvgIpc) is 2.38. The van der Waals surface area contributed by atoms with Gasteiger partial charge in [0.05, 0.1) is 11.6 Å². The van der Waals surface area contributed by atoms with Crippen LogP contribution in [0.4, 0.5) is 13.2 Å². The minimum absolute atomic E-state index is 0.455. The molecule has 2 rings (SSSR count). The third kappa shape index (κ3) is 2.71. The third-order valence-corrected chi connectivity index (χ3v) is 2.73. The van der Waals surface area contributed by atoms with Gasteiger partial charge in [0.25, 0.3) is 0 Å². The molecule has 0 amide bonds. The fourth-order valence-electron chi connectivity index (χ4n) is 1.76. The molecule has 94 valence electrons. The first kappa shape index (κ1) is 12.6. The lowest BCUT2D eigenvalue weighted by Gasteiger charge is -2.14. The van der Waals surface area contributed by atoms with E-state index in [1.807, 2.05) is 18.2 Å². The van der Waals surface area contributed by atoms with Gasteiger partial charge in [-0.1, -0.05) is 42.5 Å². The summed E-state index contributed by atoms with van der Waals surface area (Å²) in [5.74, 6) is 0. The van der Waals surface area contributed by atoms with E-state index in [-0.39, 0.29) is 0 Å². The summed E-state index contributed by atoms with van der Waals surface area (Å²) in [6.07, 6.45) is -4.34. The normalized spacial score (nSPS) is 13.3. The molecule has 0 saturated carbocycles. The molecular formula is C14H12F3N. The van der Waals surface area contributed by atoms with Gasteiger partial charge in [0.15, 0.2) is 0 Å². The van der Waals surface area contributed by atoms with Crippen molar-refractivity contribution in [3.05, 3.63) is 71.3 Å². The van der Waals surface area contributed by atoms with Gasteiger partial charge in [-0.05, 0) is 23.3 Å². The number of benzene rings is 2. The molecule has 1 unspecified atom stereocenters. The fourth-order valence-corrected chi connectivity index (χ4v) is 1.76. The monoisotopic (exact) mass is 251 g/mol. The molecule has 2 aromatic rings. The zero-order valence-electron chi connectivity index (χ0n) is 9.48. The number of nitrogens with two attached hydrogens (primary N) is 1. The number of halogens is 3. The Labute approximate surface area is 103 Å². The lowest BCUT2D eigenvalue weighted by molar-refractivity contribution is -0.137. The molecule has 0 fully saturated rings. The topological polar surface area (TPSA) is 26.0 Å². The maximum absolute atomic E-state index is 12.6. The number of hydrogen-bond acceptors (Lipinski definition) is 1. The van der Waals surface area contributed by atoms with Crippen molar-refractivity contribution in [1.29, 1.82) is 0 Å². The van der Waals surface area contributed by atoms with Gasteiger partial charge in [0.1, 0.15) is 0 Å². The van der Waals surface area contributed by atoms with Gasteiger partial charge < -0.3 is 5.73 Å². The first-order valence-corrected chi connectivity index (χ1v) is 5.46. The van der Waals surface area contributed by atoms with Crippen LogP contribution >= 0.6 is 0 Å². The van der Waals surface area contributed by atoms with Crippen LogP contribution in [0.5, 0.6) is 0 Å². The van der Waals surface area contributed by atoms with Crippen LogP contribution in [0.1, 0.15) is 22.7 Å². The Morgan fingerprint density at radius 1 is 0.833 bits per heavy atom. The van der Waals surface area contributed by atoms with Gasteiger partial charge in [0.2, 0.25) is 0 Å². The highest BCUT2D eigenvalue weighted by molar-refractivity contribution is 5.34. The van der Waals surface area contributed by atoms with E-state index in [4.69, 9.17) is 5.73 Å². The summed E-state index contributed by atoms with van der Waals surface area (Å²) >= 11 is 0. The van der Waals surface area contributed by atoms with Gasteiger partial charge >= 0.3 is 6.18 Å². The Bertz CT molecular complexity index is 520. The van der Waals surface area contributed by atoms with Crippen molar-refractivity contribution in [2.75, 3.05) is 0 Å². The second-order valence-corrected chi connectivity index (χ2v) is 4.01. The molecule has 2 aromatic carbocycles. The molecule has 18 heavy (non-hydrogen) atoms. The van der Waals surface area contributed by atoms with Crippen molar-refractivity contribution in [3.63, 3.8) is 0 Å². The zero-order valence-corrected chi connectivity index (χ0v) is 9.48. The van der Waals surface area contributed by atoms with E-state index in [1.165, 1.54) is 6.07 Å². The molecule has 0 bridgehead atoms. The van der Waals surface area contributed by atoms with E-state index < -0.39 is 17.8 Å². The quantitative estimate of drug-likeness (QED) is 0.864. The molecular weight excluding hydrogens is 239 g/mol. The highest BCUT2D eigenvalue weighted by Crippen LogP contribution is 2.31.